The van der Waals surface area contributed by atoms with Crippen LogP contribution in [0.4, 0.5) is 30.5 Å². The fourth-order valence-electron chi connectivity index (χ4n) is 2.56. The van der Waals surface area contributed by atoms with Gasteiger partial charge < -0.3 is 10.6 Å². The average molecular weight is 386 g/mol. The van der Waals surface area contributed by atoms with E-state index in [9.17, 15) is 18.0 Å². The molecule has 0 atom stereocenters. The van der Waals surface area contributed by atoms with Gasteiger partial charge in [-0.3, -0.25) is 4.79 Å². The highest BCUT2D eigenvalue weighted by Crippen LogP contribution is 2.30. The van der Waals surface area contributed by atoms with E-state index >= 15 is 0 Å². The lowest BCUT2D eigenvalue weighted by Gasteiger charge is -2.11. The fraction of sp³-hybridized carbons (Fsp3) is 0.150. The van der Waals surface area contributed by atoms with Crippen molar-refractivity contribution in [2.45, 2.75) is 19.5 Å². The van der Waals surface area contributed by atoms with E-state index < -0.39 is 17.6 Å². The van der Waals surface area contributed by atoms with Gasteiger partial charge in [-0.05, 0) is 36.2 Å². The van der Waals surface area contributed by atoms with E-state index in [2.05, 4.69) is 20.6 Å². The Balaban J connectivity index is 1.70. The highest BCUT2D eigenvalue weighted by molar-refractivity contribution is 6.03. The second-order valence-corrected chi connectivity index (χ2v) is 5.96. The average Bonchev–Trinajstić information content (AvgIpc) is 2.68. The predicted octanol–water partition coefficient (Wildman–Crippen LogP) is 5.05. The third-order valence-corrected chi connectivity index (χ3v) is 4.01. The van der Waals surface area contributed by atoms with E-state index in [0.717, 1.165) is 29.8 Å². The van der Waals surface area contributed by atoms with Crippen molar-refractivity contribution in [2.75, 3.05) is 10.6 Å². The zero-order valence-corrected chi connectivity index (χ0v) is 14.9. The SMILES string of the molecule is CCc1ccccc1Nc1ncc(C(=O)Nc2cccc(C(F)(F)F)c2)cn1. The standard InChI is InChI=1S/C20H17F3N4O/c1-2-13-6-3-4-9-17(13)27-19-24-11-14(12-25-19)18(28)26-16-8-5-7-15(10-16)20(21,22)23/h3-12H,2H2,1H3,(H,26,28)(H,24,25,27). The van der Waals surface area contributed by atoms with Crippen LogP contribution in [-0.4, -0.2) is 15.9 Å². The largest absolute Gasteiger partial charge is 0.416 e. The maximum absolute atomic E-state index is 12.8. The Labute approximate surface area is 159 Å². The minimum atomic E-state index is -4.48. The van der Waals surface area contributed by atoms with Crippen LogP contribution in [0.15, 0.2) is 60.9 Å². The van der Waals surface area contributed by atoms with Gasteiger partial charge in [-0.2, -0.15) is 13.2 Å². The number of hydrogen-bond acceptors (Lipinski definition) is 4. The van der Waals surface area contributed by atoms with E-state index in [1.807, 2.05) is 31.2 Å². The molecule has 8 heteroatoms. The maximum Gasteiger partial charge on any atom is 0.416 e. The van der Waals surface area contributed by atoms with Gasteiger partial charge >= 0.3 is 6.18 Å². The summed E-state index contributed by atoms with van der Waals surface area (Å²) in [6.07, 6.45) is -1.02. The highest BCUT2D eigenvalue weighted by Gasteiger charge is 2.30. The number of anilines is 3. The Morgan fingerprint density at radius 3 is 2.43 bits per heavy atom. The van der Waals surface area contributed by atoms with Crippen LogP contribution in [0.3, 0.4) is 0 Å². The molecule has 0 bridgehead atoms. The van der Waals surface area contributed by atoms with Gasteiger partial charge in [0.1, 0.15) is 0 Å². The van der Waals surface area contributed by atoms with Gasteiger partial charge in [-0.15, -0.1) is 0 Å². The molecule has 0 saturated carbocycles. The molecule has 0 unspecified atom stereocenters. The molecule has 5 nitrogen and oxygen atoms in total. The number of halogens is 3. The molecule has 2 N–H and O–H groups in total. The third-order valence-electron chi connectivity index (χ3n) is 4.01. The van der Waals surface area contributed by atoms with Gasteiger partial charge in [0.05, 0.1) is 11.1 Å². The number of nitrogens with one attached hydrogen (secondary N) is 2. The van der Waals surface area contributed by atoms with Crippen LogP contribution in [0.25, 0.3) is 0 Å². The lowest BCUT2D eigenvalue weighted by Crippen LogP contribution is -2.14. The fourth-order valence-corrected chi connectivity index (χ4v) is 2.56. The molecule has 0 aliphatic rings. The molecular weight excluding hydrogens is 369 g/mol. The summed E-state index contributed by atoms with van der Waals surface area (Å²) >= 11 is 0. The summed E-state index contributed by atoms with van der Waals surface area (Å²) in [7, 11) is 0. The van der Waals surface area contributed by atoms with Crippen molar-refractivity contribution >= 4 is 23.2 Å². The van der Waals surface area contributed by atoms with Gasteiger partial charge in [0.25, 0.3) is 5.91 Å². The van der Waals surface area contributed by atoms with Gasteiger partial charge in [0.2, 0.25) is 5.95 Å². The van der Waals surface area contributed by atoms with E-state index in [-0.39, 0.29) is 11.3 Å². The van der Waals surface area contributed by atoms with Crippen molar-refractivity contribution in [2.24, 2.45) is 0 Å². The summed E-state index contributed by atoms with van der Waals surface area (Å²) in [5.74, 6) is -0.281. The van der Waals surface area contributed by atoms with Crippen LogP contribution >= 0.6 is 0 Å². The van der Waals surface area contributed by atoms with Crippen LogP contribution in [-0.2, 0) is 12.6 Å². The smallest absolute Gasteiger partial charge is 0.324 e. The first-order chi connectivity index (χ1) is 13.4. The Kier molecular flexibility index (Phi) is 5.58. The topological polar surface area (TPSA) is 66.9 Å². The second kappa shape index (κ2) is 8.08. The number of carbonyl (C=O) groups excluding carboxylic acids is 1. The molecule has 1 amide bonds. The summed E-state index contributed by atoms with van der Waals surface area (Å²) in [6.45, 7) is 2.03. The molecule has 1 heterocycles. The monoisotopic (exact) mass is 386 g/mol. The van der Waals surface area contributed by atoms with Crippen LogP contribution < -0.4 is 10.6 Å². The Morgan fingerprint density at radius 2 is 1.75 bits per heavy atom. The van der Waals surface area contributed by atoms with Crippen molar-refractivity contribution in [3.63, 3.8) is 0 Å². The van der Waals surface area contributed by atoms with Crippen LogP contribution in [0.2, 0.25) is 0 Å². The summed E-state index contributed by atoms with van der Waals surface area (Å²) in [5.41, 5.74) is 1.30. The lowest BCUT2D eigenvalue weighted by molar-refractivity contribution is -0.137. The molecule has 0 saturated heterocycles. The van der Waals surface area contributed by atoms with Crippen molar-refractivity contribution < 1.29 is 18.0 Å². The summed E-state index contributed by atoms with van der Waals surface area (Å²) < 4.78 is 38.3. The molecule has 3 rings (SSSR count). The number of rotatable bonds is 5. The molecule has 144 valence electrons. The normalized spacial score (nSPS) is 11.1. The van der Waals surface area contributed by atoms with E-state index in [1.54, 1.807) is 0 Å². The molecule has 0 aliphatic heterocycles. The zero-order chi connectivity index (χ0) is 20.1. The molecule has 28 heavy (non-hydrogen) atoms. The first kappa shape index (κ1) is 19.3. The zero-order valence-electron chi connectivity index (χ0n) is 14.9. The van der Waals surface area contributed by atoms with Gasteiger partial charge in [-0.25, -0.2) is 9.97 Å². The molecule has 3 aromatic rings. The minimum absolute atomic E-state index is 0.0406. The summed E-state index contributed by atoms with van der Waals surface area (Å²) in [5, 5.41) is 5.50. The van der Waals surface area contributed by atoms with E-state index in [0.29, 0.717) is 5.95 Å². The molecule has 0 spiro atoms. The molecule has 1 aromatic heterocycles. The number of hydrogen-bond donors (Lipinski definition) is 2. The number of benzene rings is 2. The highest BCUT2D eigenvalue weighted by atomic mass is 19.4. The quantitative estimate of drug-likeness (QED) is 0.644. The van der Waals surface area contributed by atoms with Gasteiger partial charge in [0.15, 0.2) is 0 Å². The Morgan fingerprint density at radius 1 is 1.04 bits per heavy atom. The summed E-state index contributed by atoms with van der Waals surface area (Å²) in [6, 6.07) is 12.1. The minimum Gasteiger partial charge on any atom is -0.324 e. The van der Waals surface area contributed by atoms with Crippen molar-refractivity contribution in [1.29, 1.82) is 0 Å². The molecule has 0 fully saturated rings. The molecule has 0 aliphatic carbocycles. The first-order valence-corrected chi connectivity index (χ1v) is 8.52. The van der Waals surface area contributed by atoms with Gasteiger partial charge in [0, 0.05) is 23.8 Å². The summed E-state index contributed by atoms with van der Waals surface area (Å²) in [4.78, 5) is 20.5. The Bertz CT molecular complexity index is 972. The Hall–Kier alpha value is -3.42. The lowest BCUT2D eigenvalue weighted by atomic mass is 10.1. The van der Waals surface area contributed by atoms with E-state index in [1.165, 1.54) is 24.5 Å². The second-order valence-electron chi connectivity index (χ2n) is 5.96. The van der Waals surface area contributed by atoms with Crippen molar-refractivity contribution in [3.8, 4) is 0 Å². The van der Waals surface area contributed by atoms with Crippen LogP contribution in [0.1, 0.15) is 28.4 Å². The van der Waals surface area contributed by atoms with Gasteiger partial charge in [-0.1, -0.05) is 31.2 Å². The molecule has 2 aromatic carbocycles. The van der Waals surface area contributed by atoms with E-state index in [4.69, 9.17) is 0 Å². The molecule has 0 radical (unpaired) electrons. The number of nitrogens with zero attached hydrogens (tertiary/aromatic N) is 2. The number of amides is 1. The van der Waals surface area contributed by atoms with Crippen LogP contribution in [0.5, 0.6) is 0 Å². The number of alkyl halides is 3. The number of aryl methyl sites for hydroxylation is 1. The van der Waals surface area contributed by atoms with Crippen molar-refractivity contribution in [3.05, 3.63) is 77.6 Å². The van der Waals surface area contributed by atoms with Crippen molar-refractivity contribution in [1.82, 2.24) is 9.97 Å². The third kappa shape index (κ3) is 4.64. The maximum atomic E-state index is 12.8. The number of aromatic nitrogens is 2. The number of carbonyl (C=O) groups is 1. The molecular formula is C20H17F3N4O. The number of para-hydroxylation sites is 1. The first-order valence-electron chi connectivity index (χ1n) is 8.52. The predicted molar refractivity (Wildman–Crippen MR) is 101 cm³/mol. The van der Waals surface area contributed by atoms with Crippen LogP contribution in [0, 0.1) is 0 Å².